The Hall–Kier alpha value is -2.99. The molecule has 0 saturated carbocycles. The molecule has 26 heavy (non-hydrogen) atoms. The second-order valence-corrected chi connectivity index (χ2v) is 6.36. The van der Waals surface area contributed by atoms with Gasteiger partial charge in [0.15, 0.2) is 11.5 Å². The lowest BCUT2D eigenvalue weighted by molar-refractivity contribution is 0.0939. The Labute approximate surface area is 155 Å². The number of carbonyl (C=O) groups excluding carboxylic acids is 1. The minimum absolute atomic E-state index is 0.111. The molecule has 4 rings (SSSR count). The highest BCUT2D eigenvalue weighted by atomic mass is 35.5. The molecule has 1 aliphatic rings. The fourth-order valence-corrected chi connectivity index (χ4v) is 3.07. The number of halogens is 1. The van der Waals surface area contributed by atoms with E-state index < -0.39 is 0 Å². The average Bonchev–Trinajstić information content (AvgIpc) is 3.33. The minimum Gasteiger partial charge on any atom is -0.454 e. The third kappa shape index (κ3) is 3.11. The van der Waals surface area contributed by atoms with E-state index in [4.69, 9.17) is 21.1 Å². The highest BCUT2D eigenvalue weighted by Gasteiger charge is 2.21. The molecule has 3 aromatic rings. The number of hydrogen-bond acceptors (Lipinski definition) is 4. The van der Waals surface area contributed by atoms with Crippen molar-refractivity contribution in [3.8, 4) is 17.2 Å². The van der Waals surface area contributed by atoms with Gasteiger partial charge in [-0.25, -0.2) is 4.98 Å². The molecular weight excluding hydrogens is 354 g/mol. The molecule has 2 aromatic carbocycles. The van der Waals surface area contributed by atoms with E-state index in [9.17, 15) is 4.79 Å². The third-order valence-corrected chi connectivity index (χ3v) is 4.51. The molecule has 1 amide bonds. The molecular formula is C19H16ClN3O3. The molecule has 1 aliphatic heterocycles. The Balaban J connectivity index is 1.48. The summed E-state index contributed by atoms with van der Waals surface area (Å²) in [7, 11) is 0. The smallest absolute Gasteiger partial charge is 0.251 e. The van der Waals surface area contributed by atoms with Gasteiger partial charge in [0.2, 0.25) is 6.79 Å². The largest absolute Gasteiger partial charge is 0.454 e. The van der Waals surface area contributed by atoms with Gasteiger partial charge in [-0.15, -0.1) is 0 Å². The standard InChI is InChI=1S/C19H16ClN3O3/c1-12(13-2-4-15(5-3-13)23-7-6-21-10-23)22-19(24)14-8-16(20)18-17(9-14)25-11-26-18/h2-10,12H,11H2,1H3,(H,22,24)/t12-/m1/s1. The first-order chi connectivity index (χ1) is 12.6. The van der Waals surface area contributed by atoms with Gasteiger partial charge >= 0.3 is 0 Å². The van der Waals surface area contributed by atoms with Crippen LogP contribution in [-0.2, 0) is 0 Å². The Kier molecular flexibility index (Phi) is 4.26. The van der Waals surface area contributed by atoms with Crippen LogP contribution in [0.3, 0.4) is 0 Å². The van der Waals surface area contributed by atoms with Gasteiger partial charge in [0.1, 0.15) is 0 Å². The van der Waals surface area contributed by atoms with Crippen molar-refractivity contribution in [3.05, 3.63) is 71.3 Å². The number of aromatic nitrogens is 2. The Morgan fingerprint density at radius 2 is 2.08 bits per heavy atom. The SMILES string of the molecule is C[C@@H](NC(=O)c1cc(Cl)c2c(c1)OCO2)c1ccc(-n2ccnc2)cc1. The molecule has 1 N–H and O–H groups in total. The van der Waals surface area contributed by atoms with Crippen LogP contribution in [0.4, 0.5) is 0 Å². The van der Waals surface area contributed by atoms with Gasteiger partial charge in [0.25, 0.3) is 5.91 Å². The quantitative estimate of drug-likeness (QED) is 0.760. The summed E-state index contributed by atoms with van der Waals surface area (Å²) in [6.45, 7) is 2.04. The monoisotopic (exact) mass is 369 g/mol. The molecule has 0 aliphatic carbocycles. The zero-order chi connectivity index (χ0) is 18.1. The van der Waals surface area contributed by atoms with Crippen LogP contribution in [0.1, 0.15) is 28.9 Å². The molecule has 0 unspecified atom stereocenters. The van der Waals surface area contributed by atoms with Crippen molar-refractivity contribution >= 4 is 17.5 Å². The van der Waals surface area contributed by atoms with Gasteiger partial charge < -0.3 is 19.4 Å². The summed E-state index contributed by atoms with van der Waals surface area (Å²) in [4.78, 5) is 16.6. The van der Waals surface area contributed by atoms with Crippen molar-refractivity contribution in [1.29, 1.82) is 0 Å². The van der Waals surface area contributed by atoms with Crippen molar-refractivity contribution in [2.45, 2.75) is 13.0 Å². The predicted octanol–water partition coefficient (Wildman–Crippen LogP) is 3.75. The van der Waals surface area contributed by atoms with E-state index in [1.807, 2.05) is 42.0 Å². The molecule has 6 nitrogen and oxygen atoms in total. The topological polar surface area (TPSA) is 65.4 Å². The number of rotatable bonds is 4. The maximum absolute atomic E-state index is 12.6. The van der Waals surface area contributed by atoms with Gasteiger partial charge in [-0.05, 0) is 36.8 Å². The van der Waals surface area contributed by atoms with Crippen LogP contribution < -0.4 is 14.8 Å². The van der Waals surface area contributed by atoms with E-state index in [0.717, 1.165) is 11.3 Å². The molecule has 132 valence electrons. The molecule has 0 bridgehead atoms. The van der Waals surface area contributed by atoms with Gasteiger partial charge in [-0.1, -0.05) is 23.7 Å². The zero-order valence-corrected chi connectivity index (χ0v) is 14.7. The number of fused-ring (bicyclic) bond motifs is 1. The van der Waals surface area contributed by atoms with Gasteiger partial charge in [-0.2, -0.15) is 0 Å². The first-order valence-corrected chi connectivity index (χ1v) is 8.48. The van der Waals surface area contributed by atoms with Gasteiger partial charge in [-0.3, -0.25) is 4.79 Å². The van der Waals surface area contributed by atoms with Crippen molar-refractivity contribution in [1.82, 2.24) is 14.9 Å². The lowest BCUT2D eigenvalue weighted by Crippen LogP contribution is -2.26. The van der Waals surface area contributed by atoms with E-state index >= 15 is 0 Å². The van der Waals surface area contributed by atoms with Crippen molar-refractivity contribution < 1.29 is 14.3 Å². The second kappa shape index (κ2) is 6.72. The van der Waals surface area contributed by atoms with E-state index in [1.54, 1.807) is 24.7 Å². The number of hydrogen-bond donors (Lipinski definition) is 1. The highest BCUT2D eigenvalue weighted by molar-refractivity contribution is 6.32. The fourth-order valence-electron chi connectivity index (χ4n) is 2.81. The number of benzene rings is 2. The minimum atomic E-state index is -0.226. The molecule has 0 saturated heterocycles. The van der Waals surface area contributed by atoms with Crippen LogP contribution in [0.25, 0.3) is 5.69 Å². The average molecular weight is 370 g/mol. The number of imidazole rings is 1. The third-order valence-electron chi connectivity index (χ3n) is 4.23. The van der Waals surface area contributed by atoms with Crippen molar-refractivity contribution in [2.75, 3.05) is 6.79 Å². The lowest BCUT2D eigenvalue weighted by Gasteiger charge is -2.15. The van der Waals surface area contributed by atoms with Crippen LogP contribution in [-0.4, -0.2) is 22.3 Å². The lowest BCUT2D eigenvalue weighted by atomic mass is 10.1. The summed E-state index contributed by atoms with van der Waals surface area (Å²) in [6.07, 6.45) is 5.35. The zero-order valence-electron chi connectivity index (χ0n) is 14.0. The summed E-state index contributed by atoms with van der Waals surface area (Å²) < 4.78 is 12.5. The summed E-state index contributed by atoms with van der Waals surface area (Å²) in [5.41, 5.74) is 2.43. The highest BCUT2D eigenvalue weighted by Crippen LogP contribution is 2.39. The van der Waals surface area contributed by atoms with E-state index in [-0.39, 0.29) is 18.7 Å². The molecule has 0 spiro atoms. The summed E-state index contributed by atoms with van der Waals surface area (Å²) >= 11 is 6.15. The number of amides is 1. The van der Waals surface area contributed by atoms with Gasteiger partial charge in [0.05, 0.1) is 17.4 Å². The summed E-state index contributed by atoms with van der Waals surface area (Å²) in [5.74, 6) is 0.739. The molecule has 0 radical (unpaired) electrons. The predicted molar refractivity (Wildman–Crippen MR) is 97.0 cm³/mol. The second-order valence-electron chi connectivity index (χ2n) is 5.95. The maximum Gasteiger partial charge on any atom is 0.251 e. The number of nitrogens with zero attached hydrogens (tertiary/aromatic N) is 2. The number of carbonyl (C=O) groups is 1. The van der Waals surface area contributed by atoms with Gasteiger partial charge in [0, 0.05) is 23.6 Å². The van der Waals surface area contributed by atoms with Crippen molar-refractivity contribution in [2.24, 2.45) is 0 Å². The summed E-state index contributed by atoms with van der Waals surface area (Å²) in [5, 5.41) is 3.34. The van der Waals surface area contributed by atoms with E-state index in [1.165, 1.54) is 0 Å². The van der Waals surface area contributed by atoms with Crippen LogP contribution in [0.5, 0.6) is 11.5 Å². The Bertz CT molecular complexity index is 939. The fraction of sp³-hybridized carbons (Fsp3) is 0.158. The molecule has 7 heteroatoms. The maximum atomic E-state index is 12.6. The summed E-state index contributed by atoms with van der Waals surface area (Å²) in [6, 6.07) is 11.0. The van der Waals surface area contributed by atoms with E-state index in [0.29, 0.717) is 22.1 Å². The Morgan fingerprint density at radius 1 is 1.27 bits per heavy atom. The number of ether oxygens (including phenoxy) is 2. The normalized spacial score (nSPS) is 13.5. The molecule has 2 heterocycles. The molecule has 1 atom stereocenters. The van der Waals surface area contributed by atoms with Crippen LogP contribution in [0.15, 0.2) is 55.1 Å². The Morgan fingerprint density at radius 3 is 2.81 bits per heavy atom. The van der Waals surface area contributed by atoms with Crippen LogP contribution in [0, 0.1) is 0 Å². The molecule has 0 fully saturated rings. The first kappa shape index (κ1) is 16.5. The van der Waals surface area contributed by atoms with E-state index in [2.05, 4.69) is 10.3 Å². The molecule has 1 aromatic heterocycles. The first-order valence-electron chi connectivity index (χ1n) is 8.10. The van der Waals surface area contributed by atoms with Crippen LogP contribution >= 0.6 is 11.6 Å². The number of nitrogens with one attached hydrogen (secondary N) is 1. The van der Waals surface area contributed by atoms with Crippen LogP contribution in [0.2, 0.25) is 5.02 Å². The van der Waals surface area contributed by atoms with Crippen molar-refractivity contribution in [3.63, 3.8) is 0 Å².